The Balaban J connectivity index is 2.52. The van der Waals surface area contributed by atoms with Gasteiger partial charge in [-0.15, -0.1) is 0 Å². The van der Waals surface area contributed by atoms with Crippen LogP contribution in [-0.4, -0.2) is 48.3 Å². The van der Waals surface area contributed by atoms with Crippen LogP contribution < -0.4 is 5.32 Å². The summed E-state index contributed by atoms with van der Waals surface area (Å²) in [7, 11) is 0. The molecular formula is C18H38N2O. The summed E-state index contributed by atoms with van der Waals surface area (Å²) >= 11 is 0. The molecule has 3 unspecified atom stereocenters. The molecule has 1 rings (SSSR count). The molecule has 1 aliphatic rings. The van der Waals surface area contributed by atoms with Crippen molar-refractivity contribution in [3.05, 3.63) is 0 Å². The summed E-state index contributed by atoms with van der Waals surface area (Å²) in [4.78, 5) is 2.61. The minimum atomic E-state index is -0.121. The molecular weight excluding hydrogens is 260 g/mol. The number of aliphatic hydroxyl groups is 1. The molecule has 0 aliphatic carbocycles. The van der Waals surface area contributed by atoms with E-state index < -0.39 is 0 Å². The average molecular weight is 299 g/mol. The van der Waals surface area contributed by atoms with Crippen molar-refractivity contribution in [3.63, 3.8) is 0 Å². The van der Waals surface area contributed by atoms with Crippen molar-refractivity contribution in [3.8, 4) is 0 Å². The quantitative estimate of drug-likeness (QED) is 0.722. The zero-order valence-corrected chi connectivity index (χ0v) is 15.0. The highest BCUT2D eigenvalue weighted by Crippen LogP contribution is 2.23. The van der Waals surface area contributed by atoms with Gasteiger partial charge in [0.1, 0.15) is 0 Å². The Morgan fingerprint density at radius 2 is 1.95 bits per heavy atom. The second-order valence-electron chi connectivity index (χ2n) is 8.15. The first-order valence-electron chi connectivity index (χ1n) is 8.97. The lowest BCUT2D eigenvalue weighted by atomic mass is 9.88. The summed E-state index contributed by atoms with van der Waals surface area (Å²) in [6.45, 7) is 15.8. The molecule has 0 aromatic heterocycles. The second kappa shape index (κ2) is 9.12. The van der Waals surface area contributed by atoms with Gasteiger partial charge in [0.05, 0.1) is 6.10 Å². The number of rotatable bonds is 8. The molecule has 0 aromatic rings. The van der Waals surface area contributed by atoms with Crippen molar-refractivity contribution < 1.29 is 5.11 Å². The number of aliphatic hydroxyl groups excluding tert-OH is 1. The summed E-state index contributed by atoms with van der Waals surface area (Å²) in [5, 5.41) is 13.7. The molecule has 0 aromatic carbocycles. The molecule has 1 aliphatic heterocycles. The molecule has 0 saturated carbocycles. The normalized spacial score (nSPS) is 26.0. The second-order valence-corrected chi connectivity index (χ2v) is 8.15. The van der Waals surface area contributed by atoms with E-state index in [9.17, 15) is 5.11 Å². The van der Waals surface area contributed by atoms with Gasteiger partial charge in [-0.2, -0.15) is 0 Å². The number of nitrogens with one attached hydrogen (secondary N) is 1. The maximum absolute atomic E-state index is 9.98. The smallest absolute Gasteiger partial charge is 0.0540 e. The molecule has 3 atom stereocenters. The van der Waals surface area contributed by atoms with Gasteiger partial charge in [0, 0.05) is 25.7 Å². The largest absolute Gasteiger partial charge is 0.393 e. The first-order valence-corrected chi connectivity index (χ1v) is 8.97. The van der Waals surface area contributed by atoms with Gasteiger partial charge in [0.2, 0.25) is 0 Å². The monoisotopic (exact) mass is 298 g/mol. The molecule has 21 heavy (non-hydrogen) atoms. The van der Waals surface area contributed by atoms with Gasteiger partial charge in [-0.3, -0.25) is 0 Å². The SMILES string of the molecule is CCCCN1CC(CC(O)CC)CC(NCC(C)(C)C)C1. The van der Waals surface area contributed by atoms with Crippen molar-refractivity contribution in [2.75, 3.05) is 26.2 Å². The van der Waals surface area contributed by atoms with Gasteiger partial charge in [0.15, 0.2) is 0 Å². The van der Waals surface area contributed by atoms with E-state index >= 15 is 0 Å². The number of unbranched alkanes of at least 4 members (excludes halogenated alkanes) is 1. The predicted molar refractivity (Wildman–Crippen MR) is 91.6 cm³/mol. The van der Waals surface area contributed by atoms with E-state index in [2.05, 4.69) is 44.8 Å². The van der Waals surface area contributed by atoms with Crippen LogP contribution in [0, 0.1) is 11.3 Å². The van der Waals surface area contributed by atoms with E-state index in [4.69, 9.17) is 0 Å². The Kier molecular flexibility index (Phi) is 8.22. The summed E-state index contributed by atoms with van der Waals surface area (Å²) in [6.07, 6.45) is 5.49. The molecule has 1 fully saturated rings. The van der Waals surface area contributed by atoms with Gasteiger partial charge in [-0.05, 0) is 43.6 Å². The van der Waals surface area contributed by atoms with Crippen LogP contribution in [0.1, 0.15) is 66.7 Å². The van der Waals surface area contributed by atoms with Crippen molar-refractivity contribution in [2.45, 2.75) is 78.9 Å². The topological polar surface area (TPSA) is 35.5 Å². The zero-order valence-electron chi connectivity index (χ0n) is 15.0. The van der Waals surface area contributed by atoms with Crippen molar-refractivity contribution >= 4 is 0 Å². The standard InChI is InChI=1S/C18H38N2O/c1-6-8-9-20-12-15(11-17(21)7-2)10-16(13-20)19-14-18(3,4)5/h15-17,19,21H,6-14H2,1-5H3. The molecule has 3 nitrogen and oxygen atoms in total. The Hall–Kier alpha value is -0.120. The van der Waals surface area contributed by atoms with Crippen LogP contribution >= 0.6 is 0 Å². The summed E-state index contributed by atoms with van der Waals surface area (Å²) in [6, 6.07) is 0.587. The third-order valence-corrected chi connectivity index (χ3v) is 4.44. The highest BCUT2D eigenvalue weighted by Gasteiger charge is 2.28. The fraction of sp³-hybridized carbons (Fsp3) is 1.00. The molecule has 0 bridgehead atoms. The molecule has 0 radical (unpaired) electrons. The Morgan fingerprint density at radius 3 is 2.52 bits per heavy atom. The lowest BCUT2D eigenvalue weighted by molar-refractivity contribution is 0.0811. The summed E-state index contributed by atoms with van der Waals surface area (Å²) in [5.41, 5.74) is 0.337. The molecule has 1 saturated heterocycles. The molecule has 126 valence electrons. The first kappa shape index (κ1) is 18.9. The maximum atomic E-state index is 9.98. The van der Waals surface area contributed by atoms with E-state index in [1.165, 1.54) is 38.9 Å². The Labute approximate surface area is 132 Å². The van der Waals surface area contributed by atoms with Gasteiger partial charge in [-0.1, -0.05) is 41.0 Å². The molecule has 0 amide bonds. The van der Waals surface area contributed by atoms with Crippen LogP contribution in [0.5, 0.6) is 0 Å². The van der Waals surface area contributed by atoms with Gasteiger partial charge in [-0.25, -0.2) is 0 Å². The lowest BCUT2D eigenvalue weighted by Gasteiger charge is -2.40. The fourth-order valence-corrected chi connectivity index (χ4v) is 3.19. The summed E-state index contributed by atoms with van der Waals surface area (Å²) < 4.78 is 0. The van der Waals surface area contributed by atoms with E-state index in [0.29, 0.717) is 17.4 Å². The van der Waals surface area contributed by atoms with Crippen LogP contribution in [0.2, 0.25) is 0 Å². The fourth-order valence-electron chi connectivity index (χ4n) is 3.19. The van der Waals surface area contributed by atoms with Crippen LogP contribution in [0.15, 0.2) is 0 Å². The minimum Gasteiger partial charge on any atom is -0.393 e. The molecule has 0 spiro atoms. The Bertz CT molecular complexity index is 275. The molecule has 3 heteroatoms. The third-order valence-electron chi connectivity index (χ3n) is 4.44. The maximum Gasteiger partial charge on any atom is 0.0540 e. The first-order chi connectivity index (χ1) is 9.84. The zero-order chi connectivity index (χ0) is 15.9. The highest BCUT2D eigenvalue weighted by atomic mass is 16.3. The lowest BCUT2D eigenvalue weighted by Crippen LogP contribution is -2.51. The van der Waals surface area contributed by atoms with Crippen molar-refractivity contribution in [2.24, 2.45) is 11.3 Å². The van der Waals surface area contributed by atoms with Crippen LogP contribution in [0.25, 0.3) is 0 Å². The number of hydrogen-bond acceptors (Lipinski definition) is 3. The van der Waals surface area contributed by atoms with E-state index in [1.54, 1.807) is 0 Å². The van der Waals surface area contributed by atoms with E-state index in [1.807, 2.05) is 0 Å². The van der Waals surface area contributed by atoms with Gasteiger partial charge >= 0.3 is 0 Å². The number of hydrogen-bond donors (Lipinski definition) is 2. The number of piperidine rings is 1. The van der Waals surface area contributed by atoms with Crippen molar-refractivity contribution in [1.82, 2.24) is 10.2 Å². The van der Waals surface area contributed by atoms with Gasteiger partial charge in [0.25, 0.3) is 0 Å². The molecule has 1 heterocycles. The average Bonchev–Trinajstić information content (AvgIpc) is 2.42. The van der Waals surface area contributed by atoms with E-state index in [-0.39, 0.29) is 6.10 Å². The van der Waals surface area contributed by atoms with Crippen molar-refractivity contribution in [1.29, 1.82) is 0 Å². The summed E-state index contributed by atoms with van der Waals surface area (Å²) in [5.74, 6) is 0.642. The predicted octanol–water partition coefficient (Wildman–Crippen LogP) is 3.27. The minimum absolute atomic E-state index is 0.121. The molecule has 2 N–H and O–H groups in total. The Morgan fingerprint density at radius 1 is 1.24 bits per heavy atom. The number of nitrogens with zero attached hydrogens (tertiary/aromatic N) is 1. The third kappa shape index (κ3) is 8.18. The van der Waals surface area contributed by atoms with Gasteiger partial charge < -0.3 is 15.3 Å². The van der Waals surface area contributed by atoms with E-state index in [0.717, 1.165) is 19.4 Å². The van der Waals surface area contributed by atoms with Crippen LogP contribution in [0.4, 0.5) is 0 Å². The highest BCUT2D eigenvalue weighted by molar-refractivity contribution is 4.85. The van der Waals surface area contributed by atoms with Crippen LogP contribution in [-0.2, 0) is 0 Å². The number of likely N-dealkylation sites (tertiary alicyclic amines) is 1. The van der Waals surface area contributed by atoms with Crippen LogP contribution in [0.3, 0.4) is 0 Å².